The van der Waals surface area contributed by atoms with E-state index >= 15 is 4.39 Å². The summed E-state index contributed by atoms with van der Waals surface area (Å²) in [5.74, 6) is -1.10. The second-order valence-electron chi connectivity index (χ2n) is 10.7. The van der Waals surface area contributed by atoms with Crippen LogP contribution in [0, 0.1) is 28.6 Å². The molecule has 0 radical (unpaired) electrons. The maximum atomic E-state index is 17.2. The summed E-state index contributed by atoms with van der Waals surface area (Å²) in [4.78, 5) is 0. The molecule has 2 spiro atoms. The molecule has 2 heterocycles. The number of aliphatic hydroxyl groups is 1. The van der Waals surface area contributed by atoms with Gasteiger partial charge in [0.25, 0.3) is 0 Å². The minimum Gasteiger partial charge on any atom is -0.390 e. The van der Waals surface area contributed by atoms with Crippen molar-refractivity contribution in [3.8, 4) is 0 Å². The van der Waals surface area contributed by atoms with E-state index in [1.165, 1.54) is 0 Å². The second-order valence-corrected chi connectivity index (χ2v) is 10.7. The van der Waals surface area contributed by atoms with E-state index < -0.39 is 34.0 Å². The molecule has 6 heteroatoms. The molecule has 0 bridgehead atoms. The summed E-state index contributed by atoms with van der Waals surface area (Å²) in [6, 6.07) is 0. The van der Waals surface area contributed by atoms with E-state index in [0.29, 0.717) is 13.0 Å². The summed E-state index contributed by atoms with van der Waals surface area (Å²) in [6.45, 7) is 6.87. The van der Waals surface area contributed by atoms with Crippen molar-refractivity contribution >= 4 is 0 Å². The van der Waals surface area contributed by atoms with E-state index in [4.69, 9.17) is 18.9 Å². The zero-order valence-corrected chi connectivity index (χ0v) is 17.9. The molecule has 6 rings (SSSR count). The highest BCUT2D eigenvalue weighted by Gasteiger charge is 2.81. The SMILES string of the molecule is C[C@@H]1C[C@H]2[C@@H]3CCC4=CC=C=C[C@]4(C)[C@@]3(F)[C@@H](O)C[C@]2(C)[C@]12OCOC21COCO1. The number of aliphatic hydroxyl groups excluding tert-OH is 1. The molecule has 164 valence electrons. The van der Waals surface area contributed by atoms with Crippen LogP contribution < -0.4 is 0 Å². The van der Waals surface area contributed by atoms with Gasteiger partial charge in [0.05, 0.1) is 11.5 Å². The van der Waals surface area contributed by atoms with Crippen LogP contribution in [0.2, 0.25) is 0 Å². The molecule has 0 aromatic carbocycles. The Hall–Kier alpha value is -1.01. The van der Waals surface area contributed by atoms with E-state index in [2.05, 4.69) is 19.6 Å². The first-order valence-corrected chi connectivity index (χ1v) is 11.3. The van der Waals surface area contributed by atoms with Gasteiger partial charge in [0, 0.05) is 11.3 Å². The topological polar surface area (TPSA) is 57.2 Å². The molecule has 1 unspecified atom stereocenters. The predicted octanol–water partition coefficient (Wildman–Crippen LogP) is 3.63. The number of halogens is 1. The number of allylic oxidation sites excluding steroid dienone is 3. The van der Waals surface area contributed by atoms with Crippen LogP contribution in [0.1, 0.15) is 46.5 Å². The molecule has 9 atom stereocenters. The Kier molecular flexibility index (Phi) is 3.84. The van der Waals surface area contributed by atoms with Crippen molar-refractivity contribution in [1.82, 2.24) is 0 Å². The van der Waals surface area contributed by atoms with Crippen LogP contribution in [0.15, 0.2) is 29.5 Å². The molecule has 0 aromatic rings. The Morgan fingerprint density at radius 2 is 1.97 bits per heavy atom. The van der Waals surface area contributed by atoms with E-state index in [1.807, 2.05) is 25.2 Å². The van der Waals surface area contributed by atoms with Gasteiger partial charge in [-0.3, -0.25) is 0 Å². The van der Waals surface area contributed by atoms with Crippen LogP contribution in [-0.4, -0.2) is 48.5 Å². The van der Waals surface area contributed by atoms with Gasteiger partial charge in [-0.1, -0.05) is 25.5 Å². The third-order valence-electron chi connectivity index (χ3n) is 9.85. The maximum absolute atomic E-state index is 17.2. The average Bonchev–Trinajstić information content (AvgIpc) is 3.39. The van der Waals surface area contributed by atoms with Gasteiger partial charge in [-0.25, -0.2) is 4.39 Å². The second kappa shape index (κ2) is 5.86. The van der Waals surface area contributed by atoms with Crippen LogP contribution in [-0.2, 0) is 18.9 Å². The van der Waals surface area contributed by atoms with Gasteiger partial charge >= 0.3 is 0 Å². The number of fused-ring (bicyclic) bond motifs is 7. The van der Waals surface area contributed by atoms with Crippen molar-refractivity contribution in [1.29, 1.82) is 0 Å². The Bertz CT molecular complexity index is 867. The van der Waals surface area contributed by atoms with Gasteiger partial charge in [0.2, 0.25) is 5.79 Å². The van der Waals surface area contributed by atoms with E-state index in [9.17, 15) is 5.11 Å². The summed E-state index contributed by atoms with van der Waals surface area (Å²) in [7, 11) is 0. The lowest BCUT2D eigenvalue weighted by Crippen LogP contribution is -2.71. The molecule has 6 aliphatic rings. The van der Waals surface area contributed by atoms with Crippen molar-refractivity contribution in [3.63, 3.8) is 0 Å². The first kappa shape index (κ1) is 19.7. The molecule has 0 amide bonds. The largest absolute Gasteiger partial charge is 0.390 e. The van der Waals surface area contributed by atoms with Gasteiger partial charge < -0.3 is 24.1 Å². The highest BCUT2D eigenvalue weighted by atomic mass is 19.1. The zero-order valence-electron chi connectivity index (χ0n) is 17.9. The highest BCUT2D eigenvalue weighted by Crippen LogP contribution is 2.74. The number of alkyl halides is 1. The molecule has 2 aliphatic heterocycles. The smallest absolute Gasteiger partial charge is 0.227 e. The average molecular weight is 419 g/mol. The van der Waals surface area contributed by atoms with Crippen LogP contribution >= 0.6 is 0 Å². The van der Waals surface area contributed by atoms with Crippen LogP contribution in [0.25, 0.3) is 0 Å². The Morgan fingerprint density at radius 1 is 1.17 bits per heavy atom. The third-order valence-corrected chi connectivity index (χ3v) is 9.85. The number of hydrogen-bond donors (Lipinski definition) is 1. The molecule has 2 saturated heterocycles. The zero-order chi connectivity index (χ0) is 21.0. The number of rotatable bonds is 0. The fourth-order valence-corrected chi connectivity index (χ4v) is 8.63. The molecule has 1 N–H and O–H groups in total. The van der Waals surface area contributed by atoms with Crippen molar-refractivity contribution in [2.75, 3.05) is 20.2 Å². The normalized spacial score (nSPS) is 58.8. The minimum absolute atomic E-state index is 0.0568. The predicted molar refractivity (Wildman–Crippen MR) is 106 cm³/mol. The van der Waals surface area contributed by atoms with E-state index in [1.54, 1.807) is 0 Å². The van der Waals surface area contributed by atoms with Gasteiger partial charge in [-0.2, -0.15) is 0 Å². The van der Waals surface area contributed by atoms with Crippen LogP contribution in [0.5, 0.6) is 0 Å². The summed E-state index contributed by atoms with van der Waals surface area (Å²) in [5.41, 5.74) is 0.368. The summed E-state index contributed by atoms with van der Waals surface area (Å²) >= 11 is 0. The van der Waals surface area contributed by atoms with Crippen molar-refractivity contribution < 1.29 is 28.4 Å². The summed E-state index contributed by atoms with van der Waals surface area (Å²) < 4.78 is 41.3. The van der Waals surface area contributed by atoms with Crippen molar-refractivity contribution in [2.24, 2.45) is 28.6 Å². The molecule has 4 aliphatic carbocycles. The maximum Gasteiger partial charge on any atom is 0.227 e. The van der Waals surface area contributed by atoms with Gasteiger partial charge in [-0.05, 0) is 56.6 Å². The fourth-order valence-electron chi connectivity index (χ4n) is 8.63. The first-order chi connectivity index (χ1) is 14.3. The number of hydrogen-bond acceptors (Lipinski definition) is 5. The molecule has 5 fully saturated rings. The number of ether oxygens (including phenoxy) is 4. The monoisotopic (exact) mass is 418 g/mol. The fraction of sp³-hybridized carbons (Fsp3) is 0.792. The van der Waals surface area contributed by atoms with Gasteiger partial charge in [0.1, 0.15) is 12.2 Å². The minimum atomic E-state index is -1.73. The molecular formula is C24H31FO5. The summed E-state index contributed by atoms with van der Waals surface area (Å²) in [5, 5.41) is 11.5. The Morgan fingerprint density at radius 3 is 2.73 bits per heavy atom. The van der Waals surface area contributed by atoms with Crippen molar-refractivity contribution in [3.05, 3.63) is 29.5 Å². The standard InChI is InChI=1S/C24H31FO5/c1-15-10-18-17-8-7-16-6-4-5-9-20(16,2)23(17,25)19(26)11-21(18,3)24(15)22(29-14-30-24)12-27-13-28-22/h4,6,9,15,17-19,26H,7-8,10-14H2,1-3H3/t15-,17+,18+,19+,20+,21+,22?,23+,24-/m1/s1. The van der Waals surface area contributed by atoms with Crippen molar-refractivity contribution in [2.45, 2.75) is 69.6 Å². The molecular weight excluding hydrogens is 387 g/mol. The summed E-state index contributed by atoms with van der Waals surface area (Å²) in [6.07, 6.45) is 7.28. The van der Waals surface area contributed by atoms with Gasteiger partial charge in [0.15, 0.2) is 19.3 Å². The Balaban J connectivity index is 1.49. The van der Waals surface area contributed by atoms with E-state index in [0.717, 1.165) is 24.8 Å². The van der Waals surface area contributed by atoms with Crippen LogP contribution in [0.3, 0.4) is 0 Å². The lowest BCUT2D eigenvalue weighted by Gasteiger charge is -2.63. The highest BCUT2D eigenvalue weighted by molar-refractivity contribution is 5.40. The molecule has 0 aromatic heterocycles. The molecule has 5 nitrogen and oxygen atoms in total. The Labute approximate surface area is 176 Å². The molecule has 30 heavy (non-hydrogen) atoms. The quantitative estimate of drug-likeness (QED) is 0.609. The first-order valence-electron chi connectivity index (χ1n) is 11.3. The van der Waals surface area contributed by atoms with Gasteiger partial charge in [-0.15, -0.1) is 5.73 Å². The van der Waals surface area contributed by atoms with E-state index in [-0.39, 0.29) is 31.3 Å². The molecule has 3 saturated carbocycles. The third kappa shape index (κ3) is 1.86. The lowest BCUT2D eigenvalue weighted by molar-refractivity contribution is -0.277. The lowest BCUT2D eigenvalue weighted by atomic mass is 9.44. The van der Waals surface area contributed by atoms with Crippen LogP contribution in [0.4, 0.5) is 4.39 Å².